The third-order valence-electron chi connectivity index (χ3n) is 4.02. The Bertz CT molecular complexity index is 916. The minimum absolute atomic E-state index is 0.247. The number of benzene rings is 2. The lowest BCUT2D eigenvalue weighted by Gasteiger charge is -2.13. The first kappa shape index (κ1) is 17.5. The zero-order chi connectivity index (χ0) is 18.4. The number of halogens is 1. The summed E-state index contributed by atoms with van der Waals surface area (Å²) in [6.45, 7) is 2.36. The van der Waals surface area contributed by atoms with Gasteiger partial charge in [0, 0.05) is 24.0 Å². The second kappa shape index (κ2) is 8.21. The van der Waals surface area contributed by atoms with Crippen molar-refractivity contribution in [3.63, 3.8) is 0 Å². The number of allylic oxidation sites excluding steroid dienone is 1. The molecular weight excluding hydrogens is 325 g/mol. The van der Waals surface area contributed by atoms with Crippen LogP contribution in [0.2, 0.25) is 0 Å². The number of nitrogens with zero attached hydrogens (tertiary/aromatic N) is 1. The fraction of sp³-hybridized carbons (Fsp3) is 0.0909. The van der Waals surface area contributed by atoms with E-state index in [2.05, 4.69) is 10.3 Å². The van der Waals surface area contributed by atoms with Gasteiger partial charge in [0.15, 0.2) is 0 Å². The van der Waals surface area contributed by atoms with E-state index in [9.17, 15) is 4.39 Å². The number of hydrogen-bond donors (Lipinski definition) is 2. The highest BCUT2D eigenvalue weighted by Gasteiger charge is 2.07. The van der Waals surface area contributed by atoms with Crippen molar-refractivity contribution in [3.05, 3.63) is 107 Å². The van der Waals surface area contributed by atoms with Gasteiger partial charge < -0.3 is 5.32 Å². The van der Waals surface area contributed by atoms with Gasteiger partial charge in [0.2, 0.25) is 0 Å². The minimum Gasteiger partial charge on any atom is -0.380 e. The average Bonchev–Trinajstić information content (AvgIpc) is 2.67. The van der Waals surface area contributed by atoms with Crippen LogP contribution in [-0.4, -0.2) is 10.7 Å². The van der Waals surface area contributed by atoms with Gasteiger partial charge in [0.05, 0.1) is 11.4 Å². The lowest BCUT2D eigenvalue weighted by Crippen LogP contribution is -2.15. The number of aryl methyl sites for hydroxylation is 1. The molecule has 0 aliphatic carbocycles. The Morgan fingerprint density at radius 2 is 1.77 bits per heavy atom. The van der Waals surface area contributed by atoms with Crippen molar-refractivity contribution >= 4 is 11.4 Å². The first-order valence-corrected chi connectivity index (χ1v) is 8.39. The molecule has 0 saturated carbocycles. The van der Waals surface area contributed by atoms with Gasteiger partial charge in [0.1, 0.15) is 5.82 Å². The van der Waals surface area contributed by atoms with Crippen LogP contribution in [-0.2, 0) is 6.54 Å². The number of aromatic nitrogens is 1. The highest BCUT2D eigenvalue weighted by atomic mass is 19.1. The second-order valence-electron chi connectivity index (χ2n) is 6.00. The van der Waals surface area contributed by atoms with Crippen molar-refractivity contribution in [1.82, 2.24) is 10.3 Å². The quantitative estimate of drug-likeness (QED) is 0.635. The van der Waals surface area contributed by atoms with E-state index >= 15 is 0 Å². The number of pyridine rings is 1. The second-order valence-corrected chi connectivity index (χ2v) is 6.00. The number of rotatable bonds is 6. The molecule has 1 aromatic heterocycles. The van der Waals surface area contributed by atoms with Gasteiger partial charge in [-0.2, -0.15) is 0 Å². The minimum atomic E-state index is -0.247. The summed E-state index contributed by atoms with van der Waals surface area (Å²) in [6, 6.07) is 20.1. The summed E-state index contributed by atoms with van der Waals surface area (Å²) in [5, 5.41) is 11.6. The van der Waals surface area contributed by atoms with Crippen LogP contribution in [0.5, 0.6) is 0 Å². The highest BCUT2D eigenvalue weighted by molar-refractivity contribution is 6.08. The molecule has 130 valence electrons. The van der Waals surface area contributed by atoms with Crippen molar-refractivity contribution in [3.8, 4) is 0 Å². The Balaban J connectivity index is 1.89. The molecule has 0 fully saturated rings. The summed E-state index contributed by atoms with van der Waals surface area (Å²) in [6.07, 6.45) is 3.39. The van der Waals surface area contributed by atoms with Crippen LogP contribution in [0.3, 0.4) is 0 Å². The molecule has 0 aliphatic rings. The van der Waals surface area contributed by atoms with E-state index < -0.39 is 0 Å². The van der Waals surface area contributed by atoms with Crippen LogP contribution in [0.25, 0.3) is 5.70 Å². The molecule has 0 unspecified atom stereocenters. The summed E-state index contributed by atoms with van der Waals surface area (Å²) >= 11 is 0. The zero-order valence-electron chi connectivity index (χ0n) is 14.5. The molecule has 0 amide bonds. The van der Waals surface area contributed by atoms with E-state index in [4.69, 9.17) is 5.41 Å². The molecule has 2 N–H and O–H groups in total. The molecule has 0 spiro atoms. The Morgan fingerprint density at radius 3 is 2.46 bits per heavy atom. The van der Waals surface area contributed by atoms with Crippen molar-refractivity contribution in [2.75, 3.05) is 0 Å². The third-order valence-corrected chi connectivity index (χ3v) is 4.02. The predicted octanol–water partition coefficient (Wildman–Crippen LogP) is 4.73. The maximum absolute atomic E-state index is 13.9. The summed E-state index contributed by atoms with van der Waals surface area (Å²) in [5.41, 5.74) is 4.31. The number of nitrogens with one attached hydrogen (secondary N) is 2. The lowest BCUT2D eigenvalue weighted by molar-refractivity contribution is 0.605. The molecule has 0 saturated heterocycles. The summed E-state index contributed by atoms with van der Waals surface area (Å²) < 4.78 is 13.9. The van der Waals surface area contributed by atoms with Crippen LogP contribution in [0, 0.1) is 18.2 Å². The van der Waals surface area contributed by atoms with Crippen LogP contribution in [0.1, 0.15) is 22.4 Å². The fourth-order valence-corrected chi connectivity index (χ4v) is 2.54. The van der Waals surface area contributed by atoms with Gasteiger partial charge in [-0.3, -0.25) is 10.4 Å². The Labute approximate surface area is 152 Å². The Morgan fingerprint density at radius 1 is 1.04 bits per heavy atom. The van der Waals surface area contributed by atoms with Crippen molar-refractivity contribution in [2.45, 2.75) is 13.5 Å². The first-order chi connectivity index (χ1) is 12.6. The van der Waals surface area contributed by atoms with E-state index in [1.165, 1.54) is 6.07 Å². The predicted molar refractivity (Wildman–Crippen MR) is 103 cm³/mol. The molecule has 0 radical (unpaired) electrons. The van der Waals surface area contributed by atoms with Crippen LogP contribution in [0.4, 0.5) is 4.39 Å². The molecule has 26 heavy (non-hydrogen) atoms. The van der Waals surface area contributed by atoms with Crippen LogP contribution < -0.4 is 5.32 Å². The van der Waals surface area contributed by atoms with Gasteiger partial charge >= 0.3 is 0 Å². The maximum atomic E-state index is 13.9. The Kier molecular flexibility index (Phi) is 5.54. The van der Waals surface area contributed by atoms with Gasteiger partial charge in [0.25, 0.3) is 0 Å². The van der Waals surface area contributed by atoms with E-state index in [1.807, 2.05) is 49.4 Å². The molecular formula is C22H20FN3. The van der Waals surface area contributed by atoms with Gasteiger partial charge in [-0.15, -0.1) is 0 Å². The smallest absolute Gasteiger partial charge is 0.128 e. The standard InChI is InChI=1S/C22H20FN3/c1-16-9-11-17(12-10-16)22(14-20(24)21-8-4-5-13-25-21)26-15-18-6-2-3-7-19(18)23/h2-14,24,26H,15H2,1H3/b22-14-,24-20?. The Hall–Kier alpha value is -3.27. The normalized spacial score (nSPS) is 11.2. The lowest BCUT2D eigenvalue weighted by atomic mass is 10.1. The van der Waals surface area contributed by atoms with Crippen LogP contribution in [0.15, 0.2) is 79.0 Å². The first-order valence-electron chi connectivity index (χ1n) is 8.39. The van der Waals surface area contributed by atoms with Crippen molar-refractivity contribution in [2.24, 2.45) is 0 Å². The molecule has 4 heteroatoms. The molecule has 0 bridgehead atoms. The zero-order valence-corrected chi connectivity index (χ0v) is 14.5. The molecule has 3 rings (SSSR count). The van der Waals surface area contributed by atoms with Gasteiger partial charge in [-0.25, -0.2) is 4.39 Å². The van der Waals surface area contributed by atoms with E-state index in [0.29, 0.717) is 23.5 Å². The average molecular weight is 345 g/mol. The van der Waals surface area contributed by atoms with Gasteiger partial charge in [-0.05, 0) is 36.8 Å². The van der Waals surface area contributed by atoms with E-state index in [1.54, 1.807) is 30.5 Å². The highest BCUT2D eigenvalue weighted by Crippen LogP contribution is 2.16. The molecule has 3 nitrogen and oxygen atoms in total. The van der Waals surface area contributed by atoms with Crippen molar-refractivity contribution in [1.29, 1.82) is 5.41 Å². The van der Waals surface area contributed by atoms with E-state index in [-0.39, 0.29) is 5.82 Å². The monoisotopic (exact) mass is 345 g/mol. The number of hydrogen-bond acceptors (Lipinski definition) is 3. The molecule has 2 aromatic carbocycles. The topological polar surface area (TPSA) is 48.8 Å². The summed E-state index contributed by atoms with van der Waals surface area (Å²) in [5.74, 6) is -0.247. The van der Waals surface area contributed by atoms with Crippen LogP contribution >= 0.6 is 0 Å². The maximum Gasteiger partial charge on any atom is 0.128 e. The fourth-order valence-electron chi connectivity index (χ4n) is 2.54. The molecule has 0 aliphatic heterocycles. The largest absolute Gasteiger partial charge is 0.380 e. The molecule has 0 atom stereocenters. The third kappa shape index (κ3) is 4.42. The molecule has 3 aromatic rings. The van der Waals surface area contributed by atoms with Gasteiger partial charge in [-0.1, -0.05) is 54.1 Å². The molecule has 1 heterocycles. The van der Waals surface area contributed by atoms with Crippen molar-refractivity contribution < 1.29 is 4.39 Å². The van der Waals surface area contributed by atoms with E-state index in [0.717, 1.165) is 16.8 Å². The summed E-state index contributed by atoms with van der Waals surface area (Å²) in [4.78, 5) is 4.22. The summed E-state index contributed by atoms with van der Waals surface area (Å²) in [7, 11) is 0. The SMILES string of the molecule is Cc1ccc(/C(=C/C(=N)c2ccccn2)NCc2ccccc2F)cc1.